The van der Waals surface area contributed by atoms with Gasteiger partial charge in [-0.25, -0.2) is 0 Å². The van der Waals surface area contributed by atoms with E-state index in [9.17, 15) is 0 Å². The summed E-state index contributed by atoms with van der Waals surface area (Å²) in [5.74, 6) is 3.06. The zero-order valence-electron chi connectivity index (χ0n) is 54.1. The quantitative estimate of drug-likeness (QED) is 0.154. The van der Waals surface area contributed by atoms with Crippen LogP contribution >= 0.6 is 0 Å². The van der Waals surface area contributed by atoms with E-state index >= 15 is 0 Å². The Morgan fingerprint density at radius 3 is 0.925 bits per heavy atom. The van der Waals surface area contributed by atoms with Gasteiger partial charge in [-0.3, -0.25) is 0 Å². The standard InChI is InChI=1S/C13H12.C11H16.C10H14.C8H10.C8H16.2C8H10.C7H14.C7H8/c1-11-7-9-13(10-8-11)12-5-3-2-4-6-12;1-9-5-7-10(8-6-9)11(2,3)4;1-7-5-8(2)10(4)9(3)6-7;1-7-3-5-8(2)6-4-7;2*1-7-4-3-5-8(2)6-7;1-7-5-3-4-6-8(7)2;2*1-7-5-3-2-4-6-7/h2-10H,1H3;5-8H,1-4H3;5-6H,1-4H3;3-6H,1-2H3;7-8H,3-6H2,1-2H3;2*3-6H,1-2H3;7H,2-6H2,1H3;2-6H,1H3. The van der Waals surface area contributed by atoms with Crippen LogP contribution in [-0.2, 0) is 5.41 Å². The first-order chi connectivity index (χ1) is 37.9. The van der Waals surface area contributed by atoms with E-state index in [1.807, 2.05) is 24.3 Å². The van der Waals surface area contributed by atoms with E-state index in [-0.39, 0.29) is 5.41 Å². The Hall–Kier alpha value is -6.24. The van der Waals surface area contributed by atoms with Gasteiger partial charge in [-0.05, 0) is 164 Å². The fraction of sp³-hybridized carbons (Fsp3) is 0.400. The molecule has 0 heterocycles. The Morgan fingerprint density at radius 1 is 0.275 bits per heavy atom. The third-order valence-corrected chi connectivity index (χ3v) is 15.0. The maximum atomic E-state index is 2.37. The van der Waals surface area contributed by atoms with Crippen LogP contribution in [0.25, 0.3) is 11.1 Å². The topological polar surface area (TPSA) is 0 Å². The van der Waals surface area contributed by atoms with Gasteiger partial charge in [0.1, 0.15) is 0 Å². The lowest BCUT2D eigenvalue weighted by atomic mass is 9.84. The van der Waals surface area contributed by atoms with Gasteiger partial charge in [-0.1, -0.05) is 332 Å². The van der Waals surface area contributed by atoms with Gasteiger partial charge < -0.3 is 0 Å². The van der Waals surface area contributed by atoms with Gasteiger partial charge >= 0.3 is 0 Å². The summed E-state index contributed by atoms with van der Waals surface area (Å²) in [6.07, 6.45) is 13.3. The lowest BCUT2D eigenvalue weighted by molar-refractivity contribution is 0.301. The molecule has 0 nitrogen and oxygen atoms in total. The molecule has 2 unspecified atom stereocenters. The van der Waals surface area contributed by atoms with Gasteiger partial charge in [0.25, 0.3) is 0 Å². The minimum absolute atomic E-state index is 0.285. The highest BCUT2D eigenvalue weighted by Gasteiger charge is 2.14. The summed E-state index contributed by atoms with van der Waals surface area (Å²) in [6, 6.07) is 67.8. The molecule has 0 N–H and O–H groups in total. The summed E-state index contributed by atoms with van der Waals surface area (Å²) >= 11 is 0. The second-order valence-electron chi connectivity index (χ2n) is 24.5. The van der Waals surface area contributed by atoms with Crippen molar-refractivity contribution in [3.05, 3.63) is 272 Å². The van der Waals surface area contributed by atoms with Crippen molar-refractivity contribution in [2.75, 3.05) is 0 Å². The summed E-state index contributed by atoms with van der Waals surface area (Å²) in [6.45, 7) is 41.4. The second-order valence-corrected chi connectivity index (χ2v) is 24.5. The van der Waals surface area contributed by atoms with Crippen molar-refractivity contribution in [1.82, 2.24) is 0 Å². The van der Waals surface area contributed by atoms with Crippen LogP contribution in [0.2, 0.25) is 0 Å². The van der Waals surface area contributed by atoms with E-state index in [4.69, 9.17) is 0 Å². The normalized spacial score (nSPS) is 14.2. The molecular weight excluding hydrogens is 961 g/mol. The summed E-state index contributed by atoms with van der Waals surface area (Å²) in [7, 11) is 0. The van der Waals surface area contributed by atoms with Gasteiger partial charge in [0.05, 0.1) is 0 Å². The van der Waals surface area contributed by atoms with Crippen LogP contribution in [-0.4, -0.2) is 0 Å². The van der Waals surface area contributed by atoms with Crippen molar-refractivity contribution in [1.29, 1.82) is 0 Å². The van der Waals surface area contributed by atoms with Gasteiger partial charge in [0.15, 0.2) is 0 Å². The van der Waals surface area contributed by atoms with Crippen molar-refractivity contribution in [2.24, 2.45) is 17.8 Å². The third kappa shape index (κ3) is 32.7. The Balaban J connectivity index is 0.000000310. The Kier molecular flexibility index (Phi) is 34.2. The molecule has 0 amide bonds. The maximum absolute atomic E-state index is 2.37. The predicted octanol–water partition coefficient (Wildman–Crippen LogP) is 24.2. The van der Waals surface area contributed by atoms with Crippen LogP contribution in [0.4, 0.5) is 0 Å². The molecule has 0 heteroatoms. The van der Waals surface area contributed by atoms with Gasteiger partial charge in [-0.15, -0.1) is 0 Å². The monoisotopic (exact) mass is 1070 g/mol. The van der Waals surface area contributed by atoms with Crippen molar-refractivity contribution in [3.63, 3.8) is 0 Å². The SMILES string of the molecule is CC1CCCC(C)C1.CC1CCCCC1.Cc1cc(C)c(C)c(C)c1.Cc1ccc(-c2ccccc2)cc1.Cc1ccc(C(C)(C)C)cc1.Cc1ccc(C)cc1.Cc1cccc(C)c1.Cc1ccccc1.Cc1ccccc1C. The first kappa shape index (κ1) is 69.9. The molecule has 0 aromatic heterocycles. The number of rotatable bonds is 1. The fourth-order valence-corrected chi connectivity index (χ4v) is 9.37. The number of benzene rings is 8. The van der Waals surface area contributed by atoms with E-state index < -0.39 is 0 Å². The molecule has 8 aromatic carbocycles. The van der Waals surface area contributed by atoms with E-state index in [0.29, 0.717) is 0 Å². The van der Waals surface area contributed by atoms with Crippen LogP contribution < -0.4 is 0 Å². The maximum Gasteiger partial charge on any atom is -0.0132 e. The summed E-state index contributed by atoms with van der Waals surface area (Å²) in [5.41, 5.74) is 21.9. The first-order valence-corrected chi connectivity index (χ1v) is 30.3. The van der Waals surface area contributed by atoms with Gasteiger partial charge in [0, 0.05) is 0 Å². The van der Waals surface area contributed by atoms with Crippen molar-refractivity contribution in [3.8, 4) is 11.1 Å². The smallest absolute Gasteiger partial charge is 0.0132 e. The van der Waals surface area contributed by atoms with Crippen molar-refractivity contribution in [2.45, 2.75) is 195 Å². The fourth-order valence-electron chi connectivity index (χ4n) is 9.37. The highest BCUT2D eigenvalue weighted by atomic mass is 14.2. The Bertz CT molecular complexity index is 2710. The zero-order chi connectivity index (χ0) is 59.5. The minimum Gasteiger partial charge on any atom is -0.0625 e. The highest BCUT2D eigenvalue weighted by Crippen LogP contribution is 2.28. The van der Waals surface area contributed by atoms with E-state index in [1.165, 1.54) is 147 Å². The second kappa shape index (κ2) is 39.2. The molecule has 8 aromatic rings. The third-order valence-electron chi connectivity index (χ3n) is 15.0. The van der Waals surface area contributed by atoms with E-state index in [1.54, 1.807) is 0 Å². The van der Waals surface area contributed by atoms with E-state index in [2.05, 4.69) is 301 Å². The van der Waals surface area contributed by atoms with Crippen LogP contribution in [0.15, 0.2) is 194 Å². The molecular formula is C80H110. The molecule has 430 valence electrons. The van der Waals surface area contributed by atoms with Crippen molar-refractivity contribution < 1.29 is 0 Å². The summed E-state index contributed by atoms with van der Waals surface area (Å²) in [4.78, 5) is 0. The molecule has 10 rings (SSSR count). The van der Waals surface area contributed by atoms with E-state index in [0.717, 1.165) is 17.8 Å². The molecule has 2 atom stereocenters. The van der Waals surface area contributed by atoms with Gasteiger partial charge in [0.2, 0.25) is 0 Å². The number of hydrogen-bond acceptors (Lipinski definition) is 0. The molecule has 80 heavy (non-hydrogen) atoms. The molecule has 2 aliphatic rings. The average Bonchev–Trinajstić information content (AvgIpc) is 3.42. The Morgan fingerprint density at radius 2 is 0.613 bits per heavy atom. The zero-order valence-corrected chi connectivity index (χ0v) is 54.1. The van der Waals surface area contributed by atoms with Crippen LogP contribution in [0.3, 0.4) is 0 Å². The molecule has 0 spiro atoms. The largest absolute Gasteiger partial charge is 0.0625 e. The summed E-state index contributed by atoms with van der Waals surface area (Å²) < 4.78 is 0. The first-order valence-electron chi connectivity index (χ1n) is 30.3. The summed E-state index contributed by atoms with van der Waals surface area (Å²) in [5, 5.41) is 0. The van der Waals surface area contributed by atoms with Gasteiger partial charge in [-0.2, -0.15) is 0 Å². The average molecular weight is 1070 g/mol. The lowest BCUT2D eigenvalue weighted by Crippen LogP contribution is -2.10. The molecule has 0 radical (unpaired) electrons. The number of aryl methyl sites for hydroxylation is 12. The molecule has 0 bridgehead atoms. The van der Waals surface area contributed by atoms with Crippen molar-refractivity contribution >= 4 is 0 Å². The van der Waals surface area contributed by atoms with Crippen LogP contribution in [0.5, 0.6) is 0 Å². The molecule has 0 saturated heterocycles. The highest BCUT2D eigenvalue weighted by molar-refractivity contribution is 5.63. The molecule has 2 fully saturated rings. The van der Waals surface area contributed by atoms with Crippen LogP contribution in [0.1, 0.15) is 177 Å². The molecule has 2 aliphatic carbocycles. The van der Waals surface area contributed by atoms with Crippen LogP contribution in [0, 0.1) is 108 Å². The molecule has 2 saturated carbocycles. The lowest BCUT2D eigenvalue weighted by Gasteiger charge is -2.22. The molecule has 0 aliphatic heterocycles. The number of hydrogen-bond donors (Lipinski definition) is 0. The minimum atomic E-state index is 0.285. The predicted molar refractivity (Wildman–Crippen MR) is 360 cm³/mol. The Labute approximate surface area is 493 Å².